The van der Waals surface area contributed by atoms with E-state index in [4.69, 9.17) is 4.74 Å². The molecule has 1 fully saturated rings. The fraction of sp³-hybridized carbons (Fsp3) is 0.636. The Balaban J connectivity index is 1.32. The number of nitrogens with zero attached hydrogens (tertiary/aromatic N) is 1. The van der Waals surface area contributed by atoms with E-state index in [1.54, 1.807) is 18.3 Å². The molecule has 30 heavy (non-hydrogen) atoms. The summed E-state index contributed by atoms with van der Waals surface area (Å²) < 4.78 is 5.29. The molecule has 7 nitrogen and oxygen atoms in total. The molecule has 162 valence electrons. The topological polar surface area (TPSA) is 101 Å². The number of ether oxygens (including phenoxy) is 1. The van der Waals surface area contributed by atoms with Crippen molar-refractivity contribution in [3.63, 3.8) is 0 Å². The molecule has 0 bridgehead atoms. The lowest BCUT2D eigenvalue weighted by atomic mass is 9.95. The number of amides is 1. The average molecular weight is 432 g/mol. The normalized spacial score (nSPS) is 18.0. The van der Waals surface area contributed by atoms with E-state index in [1.807, 2.05) is 0 Å². The third kappa shape index (κ3) is 4.74. The summed E-state index contributed by atoms with van der Waals surface area (Å²) in [5.74, 6) is -0.218. The van der Waals surface area contributed by atoms with Gasteiger partial charge in [0.25, 0.3) is 11.5 Å². The Labute approximate surface area is 179 Å². The Kier molecular flexibility index (Phi) is 6.51. The summed E-state index contributed by atoms with van der Waals surface area (Å²) in [4.78, 5) is 46.5. The summed E-state index contributed by atoms with van der Waals surface area (Å²) in [7, 11) is 0. The summed E-state index contributed by atoms with van der Waals surface area (Å²) in [6.45, 7) is 1.60. The molecule has 0 aromatic carbocycles. The van der Waals surface area contributed by atoms with E-state index in [2.05, 4.69) is 15.3 Å². The smallest absolute Gasteiger partial charge is 0.307 e. The minimum atomic E-state index is -0.821. The van der Waals surface area contributed by atoms with Crippen LogP contribution in [0.25, 0.3) is 10.2 Å². The first kappa shape index (κ1) is 21.0. The van der Waals surface area contributed by atoms with Gasteiger partial charge in [-0.25, -0.2) is 4.98 Å². The molecule has 2 N–H and O–H groups in total. The molecule has 8 heteroatoms. The number of carbonyl (C=O) groups excluding carboxylic acids is 2. The number of carbonyl (C=O) groups is 2. The van der Waals surface area contributed by atoms with Gasteiger partial charge in [-0.05, 0) is 51.0 Å². The lowest BCUT2D eigenvalue weighted by Crippen LogP contribution is -2.42. The first-order valence-electron chi connectivity index (χ1n) is 11.0. The van der Waals surface area contributed by atoms with Gasteiger partial charge >= 0.3 is 5.97 Å². The van der Waals surface area contributed by atoms with E-state index in [1.165, 1.54) is 11.3 Å². The van der Waals surface area contributed by atoms with Crippen LogP contribution in [0.1, 0.15) is 74.6 Å². The van der Waals surface area contributed by atoms with Crippen LogP contribution >= 0.6 is 11.3 Å². The third-order valence-electron chi connectivity index (χ3n) is 6.07. The molecular formula is C22H29N3O4S. The van der Waals surface area contributed by atoms with Gasteiger partial charge in [0, 0.05) is 17.3 Å². The van der Waals surface area contributed by atoms with Crippen molar-refractivity contribution in [2.45, 2.75) is 89.7 Å². The van der Waals surface area contributed by atoms with Crippen LogP contribution in [-0.4, -0.2) is 34.0 Å². The van der Waals surface area contributed by atoms with Crippen molar-refractivity contribution in [2.24, 2.45) is 0 Å². The molecule has 2 aliphatic rings. The SMILES string of the molecule is CC(OC(=O)CCc1nc2sc3c(c2c(=O)[nH]1)CCCC3)C(=O)NC1CCCCC1. The lowest BCUT2D eigenvalue weighted by Gasteiger charge is -2.24. The van der Waals surface area contributed by atoms with Gasteiger partial charge < -0.3 is 15.0 Å². The maximum Gasteiger partial charge on any atom is 0.307 e. The van der Waals surface area contributed by atoms with Crippen LogP contribution in [0.3, 0.4) is 0 Å². The fourth-order valence-corrected chi connectivity index (χ4v) is 5.70. The highest BCUT2D eigenvalue weighted by molar-refractivity contribution is 7.18. The van der Waals surface area contributed by atoms with E-state index in [0.717, 1.165) is 61.8 Å². The number of hydrogen-bond donors (Lipinski definition) is 2. The van der Waals surface area contributed by atoms with Crippen LogP contribution in [0.15, 0.2) is 4.79 Å². The minimum absolute atomic E-state index is 0.0700. The van der Waals surface area contributed by atoms with Crippen LogP contribution in [-0.2, 0) is 33.6 Å². The quantitative estimate of drug-likeness (QED) is 0.684. The Hall–Kier alpha value is -2.22. The van der Waals surface area contributed by atoms with Gasteiger partial charge in [-0.2, -0.15) is 0 Å². The summed E-state index contributed by atoms with van der Waals surface area (Å²) >= 11 is 1.59. The second-order valence-electron chi connectivity index (χ2n) is 8.38. The van der Waals surface area contributed by atoms with Gasteiger partial charge in [0.1, 0.15) is 10.7 Å². The molecule has 1 atom stereocenters. The second kappa shape index (κ2) is 9.29. The van der Waals surface area contributed by atoms with Crippen molar-refractivity contribution in [3.8, 4) is 0 Å². The van der Waals surface area contributed by atoms with E-state index < -0.39 is 12.1 Å². The van der Waals surface area contributed by atoms with Crippen molar-refractivity contribution in [1.82, 2.24) is 15.3 Å². The maximum absolute atomic E-state index is 12.6. The van der Waals surface area contributed by atoms with Crippen LogP contribution in [0.2, 0.25) is 0 Å². The Bertz CT molecular complexity index is 990. The number of aromatic nitrogens is 2. The number of esters is 1. The zero-order chi connectivity index (χ0) is 21.1. The Morgan fingerprint density at radius 3 is 2.77 bits per heavy atom. The van der Waals surface area contributed by atoms with Gasteiger partial charge in [0.2, 0.25) is 0 Å². The van der Waals surface area contributed by atoms with E-state index >= 15 is 0 Å². The first-order valence-corrected chi connectivity index (χ1v) is 11.9. The summed E-state index contributed by atoms with van der Waals surface area (Å²) in [5.41, 5.74) is 1.03. The number of aromatic amines is 1. The van der Waals surface area contributed by atoms with Gasteiger partial charge in [0.05, 0.1) is 11.8 Å². The van der Waals surface area contributed by atoms with Crippen LogP contribution in [0.4, 0.5) is 0 Å². The van der Waals surface area contributed by atoms with Gasteiger partial charge in [0.15, 0.2) is 6.10 Å². The lowest BCUT2D eigenvalue weighted by molar-refractivity contribution is -0.155. The number of rotatable bonds is 6. The number of nitrogens with one attached hydrogen (secondary N) is 2. The van der Waals surface area contributed by atoms with Crippen LogP contribution < -0.4 is 10.9 Å². The van der Waals surface area contributed by atoms with Crippen LogP contribution in [0.5, 0.6) is 0 Å². The fourth-order valence-electron chi connectivity index (χ4n) is 4.42. The summed E-state index contributed by atoms with van der Waals surface area (Å²) in [5, 5.41) is 3.69. The molecule has 1 amide bonds. The molecule has 0 saturated heterocycles. The molecule has 1 saturated carbocycles. The highest BCUT2D eigenvalue weighted by Gasteiger charge is 2.23. The Morgan fingerprint density at radius 1 is 1.20 bits per heavy atom. The number of aryl methyl sites for hydroxylation is 3. The highest BCUT2D eigenvalue weighted by atomic mass is 32.1. The number of fused-ring (bicyclic) bond motifs is 3. The number of thiophene rings is 1. The van der Waals surface area contributed by atoms with Crippen molar-refractivity contribution < 1.29 is 14.3 Å². The monoisotopic (exact) mass is 431 g/mol. The molecular weight excluding hydrogens is 402 g/mol. The molecule has 2 aromatic rings. The van der Waals surface area contributed by atoms with Gasteiger partial charge in [-0.15, -0.1) is 11.3 Å². The molecule has 1 unspecified atom stereocenters. The molecule has 4 rings (SSSR count). The Morgan fingerprint density at radius 2 is 1.97 bits per heavy atom. The first-order chi connectivity index (χ1) is 14.5. The third-order valence-corrected chi connectivity index (χ3v) is 7.25. The van der Waals surface area contributed by atoms with Crippen molar-refractivity contribution in [2.75, 3.05) is 0 Å². The molecule has 2 aromatic heterocycles. The minimum Gasteiger partial charge on any atom is -0.453 e. The number of H-pyrrole nitrogens is 1. The molecule has 0 aliphatic heterocycles. The zero-order valence-corrected chi connectivity index (χ0v) is 18.2. The predicted molar refractivity (Wildman–Crippen MR) is 116 cm³/mol. The highest BCUT2D eigenvalue weighted by Crippen LogP contribution is 2.33. The van der Waals surface area contributed by atoms with E-state index in [9.17, 15) is 14.4 Å². The van der Waals surface area contributed by atoms with E-state index in [-0.39, 0.29) is 30.3 Å². The van der Waals surface area contributed by atoms with Crippen molar-refractivity contribution in [1.29, 1.82) is 0 Å². The van der Waals surface area contributed by atoms with Crippen LogP contribution in [0, 0.1) is 0 Å². The zero-order valence-electron chi connectivity index (χ0n) is 17.4. The summed E-state index contributed by atoms with van der Waals surface area (Å²) in [6, 6.07) is 0.185. The molecule has 2 aliphatic carbocycles. The standard InChI is InChI=1S/C22H29N3O4S/c1-13(20(27)23-14-7-3-2-4-8-14)29-18(26)12-11-17-24-21(28)19-15-9-5-6-10-16(15)30-22(19)25-17/h13-14H,2-12H2,1H3,(H,23,27)(H,24,25,28). The van der Waals surface area contributed by atoms with Gasteiger partial charge in [-0.3, -0.25) is 14.4 Å². The largest absolute Gasteiger partial charge is 0.453 e. The second-order valence-corrected chi connectivity index (χ2v) is 9.46. The average Bonchev–Trinajstić information content (AvgIpc) is 3.12. The summed E-state index contributed by atoms with van der Waals surface area (Å²) in [6.07, 6.45) is 9.19. The number of hydrogen-bond acceptors (Lipinski definition) is 6. The van der Waals surface area contributed by atoms with E-state index in [0.29, 0.717) is 11.2 Å². The van der Waals surface area contributed by atoms with Gasteiger partial charge in [-0.1, -0.05) is 19.3 Å². The molecule has 0 radical (unpaired) electrons. The molecule has 2 heterocycles. The maximum atomic E-state index is 12.6. The van der Waals surface area contributed by atoms with Crippen molar-refractivity contribution >= 4 is 33.4 Å². The molecule has 0 spiro atoms. The predicted octanol–water partition coefficient (Wildman–Crippen LogP) is 3.18. The van der Waals surface area contributed by atoms with Crippen molar-refractivity contribution in [3.05, 3.63) is 26.6 Å².